The van der Waals surface area contributed by atoms with Gasteiger partial charge in [0.25, 0.3) is 0 Å². The van der Waals surface area contributed by atoms with Crippen LogP contribution in [0.25, 0.3) is 0 Å². The normalized spacial score (nSPS) is 12.5. The molecule has 96 valence electrons. The first-order chi connectivity index (χ1) is 8.04. The summed E-state index contributed by atoms with van der Waals surface area (Å²) in [6, 6.07) is 0. The molecule has 0 aromatic carbocycles. The summed E-state index contributed by atoms with van der Waals surface area (Å²) in [4.78, 5) is 11.1. The highest BCUT2D eigenvalue weighted by Crippen LogP contribution is 2.26. The lowest BCUT2D eigenvalue weighted by atomic mass is 10.0. The van der Waals surface area contributed by atoms with Crippen molar-refractivity contribution in [1.82, 2.24) is 9.78 Å². The number of carbonyl (C=O) groups is 1. The van der Waals surface area contributed by atoms with Crippen LogP contribution < -0.4 is 0 Å². The van der Waals surface area contributed by atoms with Crippen LogP contribution in [0.3, 0.4) is 0 Å². The third-order valence-corrected chi connectivity index (χ3v) is 2.89. The van der Waals surface area contributed by atoms with Crippen LogP contribution in [0.2, 0.25) is 0 Å². The van der Waals surface area contributed by atoms with E-state index in [9.17, 15) is 4.79 Å². The minimum Gasteiger partial charge on any atom is -0.458 e. The maximum absolute atomic E-state index is 11.1. The Labute approximate surface area is 103 Å². The summed E-state index contributed by atoms with van der Waals surface area (Å²) < 4.78 is 7.29. The number of aromatic nitrogens is 2. The molecule has 1 aromatic heterocycles. The van der Waals surface area contributed by atoms with E-state index in [4.69, 9.17) is 4.74 Å². The molecule has 1 heterocycles. The molecule has 1 rings (SSSR count). The lowest BCUT2D eigenvalue weighted by Gasteiger charge is -2.14. The van der Waals surface area contributed by atoms with Crippen molar-refractivity contribution in [2.24, 2.45) is 0 Å². The Kier molecular flexibility index (Phi) is 4.73. The molecule has 0 bridgehead atoms. The molecule has 0 N–H and O–H groups in total. The minimum atomic E-state index is -0.245. The highest BCUT2D eigenvalue weighted by Gasteiger charge is 2.21. The van der Waals surface area contributed by atoms with E-state index < -0.39 is 0 Å². The molecule has 1 aromatic rings. The Bertz CT molecular complexity index is 396. The highest BCUT2D eigenvalue weighted by molar-refractivity contribution is 5.66. The van der Waals surface area contributed by atoms with Crippen molar-refractivity contribution in [1.29, 1.82) is 0 Å². The highest BCUT2D eigenvalue weighted by atomic mass is 16.5. The second-order valence-electron chi connectivity index (χ2n) is 4.08. The number of rotatable bonds is 5. The van der Waals surface area contributed by atoms with Gasteiger partial charge >= 0.3 is 5.97 Å². The number of aryl methyl sites for hydroxylation is 2. The number of ether oxygens (including phenoxy) is 1. The Morgan fingerprint density at radius 1 is 1.35 bits per heavy atom. The van der Waals surface area contributed by atoms with E-state index in [0.717, 1.165) is 30.6 Å². The minimum absolute atomic E-state index is 0.210. The monoisotopic (exact) mass is 238 g/mol. The van der Waals surface area contributed by atoms with E-state index in [-0.39, 0.29) is 12.1 Å². The molecule has 1 unspecified atom stereocenters. The summed E-state index contributed by atoms with van der Waals surface area (Å²) in [5.41, 5.74) is 3.31. The molecule has 4 heteroatoms. The van der Waals surface area contributed by atoms with Crippen molar-refractivity contribution in [2.45, 2.75) is 60.1 Å². The van der Waals surface area contributed by atoms with Crippen LogP contribution in [0, 0.1) is 0 Å². The molecule has 0 saturated heterocycles. The average Bonchev–Trinajstić information content (AvgIpc) is 2.65. The molecule has 0 spiro atoms. The molecular weight excluding hydrogens is 216 g/mol. The van der Waals surface area contributed by atoms with Crippen LogP contribution in [0.4, 0.5) is 0 Å². The van der Waals surface area contributed by atoms with Gasteiger partial charge in [0.2, 0.25) is 0 Å². The number of hydrogen-bond donors (Lipinski definition) is 0. The molecule has 1 atom stereocenters. The van der Waals surface area contributed by atoms with Gasteiger partial charge in [-0.15, -0.1) is 0 Å². The fraction of sp³-hybridized carbons (Fsp3) is 0.692. The quantitative estimate of drug-likeness (QED) is 0.741. The molecule has 17 heavy (non-hydrogen) atoms. The zero-order chi connectivity index (χ0) is 13.0. The largest absolute Gasteiger partial charge is 0.458 e. The fourth-order valence-corrected chi connectivity index (χ4v) is 2.24. The van der Waals surface area contributed by atoms with Gasteiger partial charge in [0.05, 0.1) is 5.69 Å². The molecule has 0 aliphatic rings. The molecular formula is C13H22N2O2. The van der Waals surface area contributed by atoms with Crippen molar-refractivity contribution >= 4 is 5.97 Å². The van der Waals surface area contributed by atoms with Crippen molar-refractivity contribution in [2.75, 3.05) is 0 Å². The SMILES string of the molecule is CCc1nn(CC)c(CC)c1C(C)OC(C)=O. The van der Waals surface area contributed by atoms with E-state index in [0.29, 0.717) is 0 Å². The van der Waals surface area contributed by atoms with Crippen molar-refractivity contribution in [3.05, 3.63) is 17.0 Å². The van der Waals surface area contributed by atoms with Gasteiger partial charge in [-0.3, -0.25) is 9.48 Å². The topological polar surface area (TPSA) is 44.1 Å². The van der Waals surface area contributed by atoms with Crippen molar-refractivity contribution < 1.29 is 9.53 Å². The summed E-state index contributed by atoms with van der Waals surface area (Å²) in [6.07, 6.45) is 1.56. The van der Waals surface area contributed by atoms with E-state index >= 15 is 0 Å². The molecule has 0 aliphatic carbocycles. The van der Waals surface area contributed by atoms with E-state index in [2.05, 4.69) is 25.9 Å². The standard InChI is InChI=1S/C13H22N2O2/c1-6-11-13(9(4)17-10(5)16)12(7-2)15(8-3)14-11/h9H,6-8H2,1-5H3. The lowest BCUT2D eigenvalue weighted by Crippen LogP contribution is -2.09. The molecule has 0 radical (unpaired) electrons. The van der Waals surface area contributed by atoms with Gasteiger partial charge in [-0.05, 0) is 26.7 Å². The molecule has 0 saturated carbocycles. The molecule has 0 aliphatic heterocycles. The van der Waals surface area contributed by atoms with E-state index in [1.54, 1.807) is 0 Å². The zero-order valence-corrected chi connectivity index (χ0v) is 11.4. The van der Waals surface area contributed by atoms with Gasteiger partial charge in [-0.1, -0.05) is 13.8 Å². The maximum atomic E-state index is 11.1. The maximum Gasteiger partial charge on any atom is 0.303 e. The van der Waals surface area contributed by atoms with Gasteiger partial charge in [0.1, 0.15) is 6.10 Å². The first-order valence-corrected chi connectivity index (χ1v) is 6.30. The van der Waals surface area contributed by atoms with E-state index in [1.807, 2.05) is 11.6 Å². The van der Waals surface area contributed by atoms with E-state index in [1.165, 1.54) is 12.6 Å². The number of carbonyl (C=O) groups excluding carboxylic acids is 1. The Morgan fingerprint density at radius 2 is 2.00 bits per heavy atom. The fourth-order valence-electron chi connectivity index (χ4n) is 2.24. The summed E-state index contributed by atoms with van der Waals surface area (Å²) in [6.45, 7) is 10.5. The Balaban J connectivity index is 3.18. The average molecular weight is 238 g/mol. The van der Waals surface area contributed by atoms with Gasteiger partial charge in [0.15, 0.2) is 0 Å². The van der Waals surface area contributed by atoms with Crippen molar-refractivity contribution in [3.63, 3.8) is 0 Å². The number of hydrogen-bond acceptors (Lipinski definition) is 3. The van der Waals surface area contributed by atoms with Crippen molar-refractivity contribution in [3.8, 4) is 0 Å². The number of esters is 1. The van der Waals surface area contributed by atoms with Crippen LogP contribution in [-0.4, -0.2) is 15.7 Å². The summed E-state index contributed by atoms with van der Waals surface area (Å²) in [5, 5.41) is 4.57. The summed E-state index contributed by atoms with van der Waals surface area (Å²) >= 11 is 0. The van der Waals surface area contributed by atoms with Crippen LogP contribution in [0.5, 0.6) is 0 Å². The summed E-state index contributed by atoms with van der Waals surface area (Å²) in [7, 11) is 0. The second-order valence-corrected chi connectivity index (χ2v) is 4.08. The van der Waals surface area contributed by atoms with Crippen LogP contribution in [-0.2, 0) is 28.9 Å². The third-order valence-electron chi connectivity index (χ3n) is 2.89. The van der Waals surface area contributed by atoms with Gasteiger partial charge < -0.3 is 4.74 Å². The second kappa shape index (κ2) is 5.84. The lowest BCUT2D eigenvalue weighted by molar-refractivity contribution is -0.145. The van der Waals surface area contributed by atoms with Crippen LogP contribution in [0.1, 0.15) is 57.7 Å². The van der Waals surface area contributed by atoms with Gasteiger partial charge in [-0.2, -0.15) is 5.10 Å². The van der Waals surface area contributed by atoms with Crippen LogP contribution >= 0.6 is 0 Å². The zero-order valence-electron chi connectivity index (χ0n) is 11.4. The number of nitrogens with zero attached hydrogens (tertiary/aromatic N) is 2. The summed E-state index contributed by atoms with van der Waals surface area (Å²) in [5.74, 6) is -0.245. The predicted molar refractivity (Wildman–Crippen MR) is 66.8 cm³/mol. The first kappa shape index (κ1) is 13.7. The first-order valence-electron chi connectivity index (χ1n) is 6.30. The molecule has 4 nitrogen and oxygen atoms in total. The van der Waals surface area contributed by atoms with Crippen LogP contribution in [0.15, 0.2) is 0 Å². The third kappa shape index (κ3) is 2.87. The van der Waals surface area contributed by atoms with Gasteiger partial charge in [-0.25, -0.2) is 0 Å². The predicted octanol–water partition coefficient (Wildman–Crippen LogP) is 2.65. The molecule has 0 amide bonds. The Morgan fingerprint density at radius 3 is 2.41 bits per heavy atom. The van der Waals surface area contributed by atoms with Gasteiger partial charge in [0, 0.05) is 24.7 Å². The Hall–Kier alpha value is -1.32. The molecule has 0 fully saturated rings. The smallest absolute Gasteiger partial charge is 0.303 e.